The molecule has 23 atom stereocenters. The van der Waals surface area contributed by atoms with Crippen molar-refractivity contribution in [2.45, 2.75) is 261 Å². The van der Waals surface area contributed by atoms with E-state index in [0.717, 1.165) is 51.4 Å². The number of hydrogen-bond donors (Lipinski definition) is 1. The Morgan fingerprint density at radius 1 is 0.394 bits per heavy atom. The second kappa shape index (κ2) is 71.5. The third-order valence-corrected chi connectivity index (χ3v) is 29.0. The highest BCUT2D eigenvalue weighted by atomic mass is 31.2. The Labute approximate surface area is 788 Å². The van der Waals surface area contributed by atoms with Crippen molar-refractivity contribution in [1.82, 2.24) is 5.32 Å². The lowest BCUT2D eigenvalue weighted by Crippen LogP contribution is -2.58. The van der Waals surface area contributed by atoms with Gasteiger partial charge in [0.1, 0.15) is 52.4 Å². The summed E-state index contributed by atoms with van der Waals surface area (Å²) in [5, 5.41) is 12.7. The Morgan fingerprint density at radius 2 is 0.750 bits per heavy atom. The van der Waals surface area contributed by atoms with Gasteiger partial charge in [0.15, 0.2) is 18.9 Å². The van der Waals surface area contributed by atoms with Crippen molar-refractivity contribution in [3.63, 3.8) is 0 Å². The van der Waals surface area contributed by atoms with Gasteiger partial charge in [0.05, 0.1) is 134 Å². The van der Waals surface area contributed by atoms with Crippen LogP contribution in [0.25, 0.3) is 19.4 Å². The van der Waals surface area contributed by atoms with Gasteiger partial charge in [0.2, 0.25) is 32.1 Å². The summed E-state index contributed by atoms with van der Waals surface area (Å²) in [4.78, 5) is 60.6. The first-order valence-electron chi connectivity index (χ1n) is 46.5. The Bertz CT molecular complexity index is 3350. The summed E-state index contributed by atoms with van der Waals surface area (Å²) < 4.78 is 192. The molecule has 132 heavy (non-hydrogen) atoms. The van der Waals surface area contributed by atoms with Crippen molar-refractivity contribution >= 4 is 65.0 Å². The number of amides is 1. The summed E-state index contributed by atoms with van der Waals surface area (Å²) in [6.07, 6.45) is 5.42. The zero-order chi connectivity index (χ0) is 96.8. The van der Waals surface area contributed by atoms with Crippen LogP contribution >= 0.6 is 41.2 Å². The number of nitriles is 1. The number of carbonyl (C=O) groups excluding carboxylic acids is 4. The largest absolute Gasteiger partial charge is 0.474 e. The smallest absolute Gasteiger partial charge is 0.463 e. The summed E-state index contributed by atoms with van der Waals surface area (Å²) in [6.45, 7) is 56.5. The number of phosphoric ester groups is 1. The predicted octanol–water partition coefficient (Wildman–Crippen LogP) is 16.4. The van der Waals surface area contributed by atoms with E-state index in [-0.39, 0.29) is 224 Å². The number of carbonyl (C=O) groups is 4. The van der Waals surface area contributed by atoms with Crippen LogP contribution < -0.4 is 5.32 Å². The van der Waals surface area contributed by atoms with Crippen LogP contribution in [0.2, 0.25) is 0 Å². The van der Waals surface area contributed by atoms with Gasteiger partial charge in [-0.15, -0.1) is 0 Å². The molecular weight excluding hydrogens is 1820 g/mol. The molecule has 4 saturated heterocycles. The molecule has 0 aromatic rings. The van der Waals surface area contributed by atoms with E-state index < -0.39 is 115 Å². The number of nitrogens with zero attached hydrogens (tertiary/aromatic N) is 5. The molecule has 0 aromatic heterocycles. The number of unbranched alkanes of at least 4 members (excludes halogenated alkanes) is 9. The molecule has 4 aliphatic rings. The lowest BCUT2D eigenvalue weighted by molar-refractivity contribution is -0.255. The van der Waals surface area contributed by atoms with Crippen LogP contribution in [0.3, 0.4) is 0 Å². The summed E-state index contributed by atoms with van der Waals surface area (Å²) in [5.74, 6) is -0.148. The van der Waals surface area contributed by atoms with E-state index in [1.54, 1.807) is 6.92 Å². The minimum absolute atomic E-state index is 0.0306. The van der Waals surface area contributed by atoms with Crippen molar-refractivity contribution in [3.05, 3.63) is 45.7 Å². The van der Waals surface area contributed by atoms with E-state index in [4.69, 9.17) is 151 Å². The molecule has 4 rings (SSSR count). The second-order valence-corrected chi connectivity index (χ2v) is 41.0. The van der Waals surface area contributed by atoms with Crippen molar-refractivity contribution < 1.29 is 153 Å². The molecule has 0 bridgehead atoms. The van der Waals surface area contributed by atoms with Crippen LogP contribution in [-0.4, -0.2) is 283 Å². The zero-order valence-electron chi connectivity index (χ0n) is 80.4. The molecular formula is C88H153N6O33P5. The maximum atomic E-state index is 15.2. The van der Waals surface area contributed by atoms with Crippen LogP contribution in [-0.2, 0) is 153 Å². The van der Waals surface area contributed by atoms with E-state index in [1.807, 2.05) is 19.9 Å². The molecule has 11 unspecified atom stereocenters. The van der Waals surface area contributed by atoms with Crippen molar-refractivity contribution in [3.8, 4) is 6.07 Å². The monoisotopic (exact) mass is 1980 g/mol. The fourth-order valence-corrected chi connectivity index (χ4v) is 19.8. The highest BCUT2D eigenvalue weighted by Crippen LogP contribution is 2.53. The fraction of sp³-hybridized carbons (Fsp3) is 0.898. The first-order chi connectivity index (χ1) is 63.4. The van der Waals surface area contributed by atoms with Gasteiger partial charge in [-0.1, -0.05) is 93.9 Å². The number of hydrogen-bond acceptors (Lipinski definition) is 34. The zero-order valence-corrected chi connectivity index (χ0v) is 84.8. The maximum absolute atomic E-state index is 15.2. The number of nitrogens with one attached hydrogen (secondary N) is 1. The molecule has 0 saturated carbocycles. The molecule has 44 heteroatoms. The Morgan fingerprint density at radius 3 is 1.13 bits per heavy atom. The molecule has 0 spiro atoms. The van der Waals surface area contributed by atoms with Gasteiger partial charge in [-0.25, -0.2) is 30.9 Å². The Balaban J connectivity index is 1.52. The number of rotatable bonds is 78. The average molecular weight is 1980 g/mol. The van der Waals surface area contributed by atoms with Gasteiger partial charge in [-0.05, 0) is 100 Å². The average Bonchev–Trinajstić information content (AvgIpc) is 0.929. The topological polar surface area (TPSA) is 405 Å². The van der Waals surface area contributed by atoms with E-state index >= 15 is 4.57 Å². The summed E-state index contributed by atoms with van der Waals surface area (Å²) in [5.41, 5.74) is -1.34. The molecule has 0 radical (unpaired) electrons. The van der Waals surface area contributed by atoms with Gasteiger partial charge >= 0.3 is 59.1 Å². The number of esters is 3. The molecule has 758 valence electrons. The van der Waals surface area contributed by atoms with E-state index in [2.05, 4.69) is 66.2 Å². The number of ether oxygens (including phenoxy) is 13. The lowest BCUT2D eigenvalue weighted by Gasteiger charge is -2.44. The summed E-state index contributed by atoms with van der Waals surface area (Å²) in [7, 11) is -14.1. The van der Waals surface area contributed by atoms with E-state index in [1.165, 1.54) is 34.4 Å². The van der Waals surface area contributed by atoms with Crippen molar-refractivity contribution in [2.75, 3.05) is 198 Å². The van der Waals surface area contributed by atoms with Crippen LogP contribution in [0, 0.1) is 90.4 Å². The fourth-order valence-electron chi connectivity index (χ4n) is 14.3. The number of phosphoric acid groups is 1. The standard InChI is InChI=1S/C88H153N6O33P5/c1-66-57-79(127-131(18,99)119-56-39-93-17)83(123-66)61-121-132(100,120-52-31-35-89)122-65-88(62-101-40-32-49-113-128(116-53-36-90-14)110-46-28-22-19-25-43-104-85-73(8)67(2)69(4)80(124-85)58-107-76(11)96,63-102-41-33-50-114-129(117-54-37-91-15)111-47-29-23-20-26-44-105-86-74(9)68(3)70(5)81(125-86)59-108-77(12)97)64-103-42-34-51-115-130(118-55-38-92-16)112-48-30-24-21-27-45-106-87-84(94-75(10)95)72(7)71(6)82(126-87)60-109-78(13)98/h66-74,79-87H,19-34,36-65H2,1-13,18H3,(H,94,95)/t66-,67-,68-,69+,70+,71+,72-,73?,74?,79-,80?,81?,82?,83+,84?,85+,86+,87+,88?,128?,129?,130?,131?,132?/m0/s1. The van der Waals surface area contributed by atoms with Gasteiger partial charge in [-0.3, -0.25) is 37.3 Å². The highest BCUT2D eigenvalue weighted by Gasteiger charge is 2.47. The van der Waals surface area contributed by atoms with E-state index in [9.17, 15) is 29.0 Å². The third-order valence-electron chi connectivity index (χ3n) is 22.8. The van der Waals surface area contributed by atoms with Crippen molar-refractivity contribution in [2.24, 2.45) is 52.8 Å². The van der Waals surface area contributed by atoms with Crippen LogP contribution in [0.4, 0.5) is 0 Å². The SMILES string of the molecule is [C-]#[N+]CCOP(OCCCCCCO[C@@H]1OC(COC(C)=O)[C@H](C)[C@H](C)C1C)OCCCOCC(COCCCOP(OCCCCCCO[C@@H]1OC(COC(C)=O)[C@H](C)[C@H](C)C1C)OCC[N+]#[C-])(COCCCOP(OCCCCCCO[C@@H]1OC(COC(C)=O)[C@H](C)[C@H](C)C1NC(C)=O)OCC[N+]#[C-])COP(=O)(OCCC#N)OC[C@H]1O[C@@H](C)C[C@@H]1OP(C)(=O)OCC[N+]#[C-]. The van der Waals surface area contributed by atoms with Crippen molar-refractivity contribution in [1.29, 1.82) is 5.26 Å². The minimum atomic E-state index is -4.71. The quantitative estimate of drug-likeness (QED) is 0.0194. The van der Waals surface area contributed by atoms with E-state index in [0.29, 0.717) is 89.8 Å². The van der Waals surface area contributed by atoms with Crippen LogP contribution in [0.15, 0.2) is 0 Å². The second-order valence-electron chi connectivity index (χ2n) is 33.6. The lowest BCUT2D eigenvalue weighted by atomic mass is 9.79. The minimum Gasteiger partial charge on any atom is -0.463 e. The molecule has 4 heterocycles. The highest BCUT2D eigenvalue weighted by molar-refractivity contribution is 7.53. The summed E-state index contributed by atoms with van der Waals surface area (Å²) in [6, 6.07) is 1.58. The first kappa shape index (κ1) is 120. The predicted molar refractivity (Wildman–Crippen MR) is 488 cm³/mol. The first-order valence-corrected chi connectivity index (χ1v) is 53.2. The molecule has 0 aliphatic carbocycles. The van der Waals surface area contributed by atoms with Crippen LogP contribution in [0.1, 0.15) is 199 Å². The van der Waals surface area contributed by atoms with Crippen LogP contribution in [0.5, 0.6) is 0 Å². The molecule has 39 nitrogen and oxygen atoms in total. The Hall–Kier alpha value is -3.88. The molecule has 1 N–H and O–H groups in total. The van der Waals surface area contributed by atoms with Gasteiger partial charge < -0.3 is 136 Å². The van der Waals surface area contributed by atoms with Gasteiger partial charge in [0, 0.05) is 92.3 Å². The normalized spacial score (nSPS) is 26.3. The molecule has 4 fully saturated rings. The molecule has 4 aliphatic heterocycles. The maximum Gasteiger partial charge on any atom is 0.474 e. The van der Waals surface area contributed by atoms with Gasteiger partial charge in [-0.2, -0.15) is 5.26 Å². The molecule has 0 aromatic carbocycles. The molecule has 1 amide bonds. The summed E-state index contributed by atoms with van der Waals surface area (Å²) >= 11 is 0. The third kappa shape index (κ3) is 51.9. The Kier molecular flexibility index (Phi) is 65.3. The van der Waals surface area contributed by atoms with Gasteiger partial charge in [0.25, 0.3) is 0 Å².